The van der Waals surface area contributed by atoms with Gasteiger partial charge in [0.25, 0.3) is 0 Å². The second-order valence-electron chi connectivity index (χ2n) is 19.2. The van der Waals surface area contributed by atoms with Crippen molar-refractivity contribution in [2.45, 2.75) is 19.3 Å². The fourth-order valence-corrected chi connectivity index (χ4v) is 12.0. The summed E-state index contributed by atoms with van der Waals surface area (Å²) in [7, 11) is 0. The summed E-state index contributed by atoms with van der Waals surface area (Å²) in [6.45, 7) is 0. The number of benzene rings is 8. The van der Waals surface area contributed by atoms with Crippen molar-refractivity contribution >= 4 is 93.5 Å². The number of hydrogen-bond acceptors (Lipinski definition) is 2. The van der Waals surface area contributed by atoms with E-state index in [0.29, 0.717) is 5.92 Å². The lowest BCUT2D eigenvalue weighted by Crippen LogP contribution is -2.12. The van der Waals surface area contributed by atoms with Gasteiger partial charge in [-0.05, 0) is 113 Å². The highest BCUT2D eigenvalue weighted by Gasteiger charge is 2.24. The molecule has 0 bridgehead atoms. The van der Waals surface area contributed by atoms with Crippen molar-refractivity contribution in [2.75, 3.05) is 0 Å². The Morgan fingerprint density at radius 1 is 0.514 bits per heavy atom. The molecule has 0 spiro atoms. The average molecular weight is 893 g/mol. The van der Waals surface area contributed by atoms with Crippen LogP contribution in [0.25, 0.3) is 116 Å². The normalized spacial score (nSPS) is 15.5. The zero-order chi connectivity index (χ0) is 45.9. The van der Waals surface area contributed by atoms with Gasteiger partial charge in [0.15, 0.2) is 0 Å². The molecule has 4 nitrogen and oxygen atoms in total. The van der Waals surface area contributed by atoms with Crippen molar-refractivity contribution in [1.29, 1.82) is 0 Å². The molecule has 0 saturated heterocycles. The Morgan fingerprint density at radius 2 is 1.19 bits per heavy atom. The van der Waals surface area contributed by atoms with Crippen LogP contribution in [0.5, 0.6) is 0 Å². The first-order valence-corrected chi connectivity index (χ1v) is 24.5. The third kappa shape index (κ3) is 5.96. The van der Waals surface area contributed by atoms with Crippen LogP contribution in [0, 0.1) is 5.92 Å². The van der Waals surface area contributed by atoms with E-state index in [1.54, 1.807) is 0 Å². The lowest BCUT2D eigenvalue weighted by atomic mass is 9.78. The third-order valence-electron chi connectivity index (χ3n) is 15.2. The molecule has 4 aromatic heterocycles. The average Bonchev–Trinajstić information content (AvgIpc) is 3.95. The standard InChI is InChI=1S/C66H44N4/c1-3-13-42(14-4-1)62-56-19-7-10-20-59(56)68-64-57(62)33-29-43-30-36-58(67-63(43)64)47-26-25-46-38-48-37-44(23-24-45(48)39-49(46)40-47)41-27-31-51(32-28-41)70-61-22-12-9-18-53(61)55-35-34-54-52-17-8-11-21-60(52)69(65(54)66(55)70)50-15-5-2-6-16-50/h1-3,5-13,15-38,40,45H,4,14,39H2. The van der Waals surface area contributed by atoms with Crippen LogP contribution in [0.4, 0.5) is 0 Å². The Labute approximate surface area is 404 Å². The monoisotopic (exact) mass is 892 g/mol. The molecule has 0 amide bonds. The first-order valence-electron chi connectivity index (χ1n) is 24.5. The highest BCUT2D eigenvalue weighted by atomic mass is 15.0. The zero-order valence-electron chi connectivity index (χ0n) is 38.3. The molecule has 0 saturated carbocycles. The number of allylic oxidation sites excluding steroid dienone is 9. The van der Waals surface area contributed by atoms with Gasteiger partial charge in [-0.1, -0.05) is 170 Å². The van der Waals surface area contributed by atoms with E-state index in [1.165, 1.54) is 93.4 Å². The number of para-hydroxylation sites is 4. The first kappa shape index (κ1) is 39.2. The second-order valence-corrected chi connectivity index (χ2v) is 19.2. The molecule has 12 aromatic rings. The molecule has 8 aromatic carbocycles. The van der Waals surface area contributed by atoms with Crippen LogP contribution in [0.3, 0.4) is 0 Å². The van der Waals surface area contributed by atoms with Crippen LogP contribution in [-0.2, 0) is 6.42 Å². The first-order chi connectivity index (χ1) is 34.7. The minimum atomic E-state index is 0.315. The molecule has 4 heteroatoms. The SMILES string of the molecule is C1=CCCC(c2c3ccccc3nc3c2ccc2ccc(-c4ccc5c(c4)CC4C=CC(c6ccc(-n7c8ccccc8c8ccc9c%10ccccc%10n(-c%10ccccc%10)c9c87)cc6)=CC4=C5)nc23)=C1. The summed E-state index contributed by atoms with van der Waals surface area (Å²) in [6, 6.07) is 66.6. The van der Waals surface area contributed by atoms with Crippen molar-refractivity contribution in [1.82, 2.24) is 19.1 Å². The Morgan fingerprint density at radius 3 is 1.94 bits per heavy atom. The quantitative estimate of drug-likeness (QED) is 0.127. The van der Waals surface area contributed by atoms with Gasteiger partial charge in [0.05, 0.1) is 44.3 Å². The van der Waals surface area contributed by atoms with Crippen LogP contribution in [0.15, 0.2) is 224 Å². The van der Waals surface area contributed by atoms with Gasteiger partial charge < -0.3 is 9.13 Å². The van der Waals surface area contributed by atoms with Crippen LogP contribution in [-0.4, -0.2) is 19.1 Å². The van der Waals surface area contributed by atoms with E-state index in [1.807, 2.05) is 0 Å². The molecule has 70 heavy (non-hydrogen) atoms. The molecule has 328 valence electrons. The van der Waals surface area contributed by atoms with Crippen molar-refractivity contribution in [3.8, 4) is 22.6 Å². The highest BCUT2D eigenvalue weighted by Crippen LogP contribution is 2.44. The summed E-state index contributed by atoms with van der Waals surface area (Å²) in [5.41, 5.74) is 21.3. The van der Waals surface area contributed by atoms with Crippen LogP contribution < -0.4 is 0 Å². The summed E-state index contributed by atoms with van der Waals surface area (Å²) < 4.78 is 4.93. The molecule has 1 atom stereocenters. The lowest BCUT2D eigenvalue weighted by Gasteiger charge is -2.26. The third-order valence-corrected chi connectivity index (χ3v) is 15.2. The van der Waals surface area contributed by atoms with Crippen molar-refractivity contribution in [3.63, 3.8) is 0 Å². The van der Waals surface area contributed by atoms with Crippen molar-refractivity contribution in [2.24, 2.45) is 5.92 Å². The number of rotatable bonds is 5. The topological polar surface area (TPSA) is 35.6 Å². The predicted octanol–water partition coefficient (Wildman–Crippen LogP) is 16.7. The number of hydrogen-bond donors (Lipinski definition) is 0. The van der Waals surface area contributed by atoms with E-state index in [2.05, 4.69) is 234 Å². The molecule has 0 N–H and O–H groups in total. The fraction of sp³-hybridized carbons (Fsp3) is 0.0606. The molecule has 1 unspecified atom stereocenters. The van der Waals surface area contributed by atoms with Gasteiger partial charge in [-0.2, -0.15) is 0 Å². The molecule has 3 aliphatic carbocycles. The maximum Gasteiger partial charge on any atom is 0.0978 e. The van der Waals surface area contributed by atoms with Crippen molar-refractivity contribution < 1.29 is 0 Å². The summed E-state index contributed by atoms with van der Waals surface area (Å²) in [4.78, 5) is 10.7. The van der Waals surface area contributed by atoms with Gasteiger partial charge >= 0.3 is 0 Å². The molecule has 0 radical (unpaired) electrons. The zero-order valence-corrected chi connectivity index (χ0v) is 38.3. The molecular weight excluding hydrogens is 849 g/mol. The predicted molar refractivity (Wildman–Crippen MR) is 294 cm³/mol. The maximum atomic E-state index is 5.39. The molecule has 0 aliphatic heterocycles. The minimum absolute atomic E-state index is 0.315. The number of fused-ring (bicyclic) bond motifs is 13. The Kier molecular flexibility index (Phi) is 8.58. The van der Waals surface area contributed by atoms with Gasteiger partial charge in [0, 0.05) is 60.6 Å². The smallest absolute Gasteiger partial charge is 0.0978 e. The molecule has 15 rings (SSSR count). The number of pyridine rings is 2. The van der Waals surface area contributed by atoms with Crippen molar-refractivity contribution in [3.05, 3.63) is 246 Å². The van der Waals surface area contributed by atoms with Gasteiger partial charge in [-0.3, -0.25) is 0 Å². The van der Waals surface area contributed by atoms with Gasteiger partial charge in [-0.25, -0.2) is 9.97 Å². The molecular formula is C66H44N4. The van der Waals surface area contributed by atoms with Gasteiger partial charge in [0.2, 0.25) is 0 Å². The number of nitrogens with zero attached hydrogens (tertiary/aromatic N) is 4. The summed E-state index contributed by atoms with van der Waals surface area (Å²) in [5, 5.41) is 8.49. The number of aromatic nitrogens is 4. The summed E-state index contributed by atoms with van der Waals surface area (Å²) in [6.07, 6.45) is 19.3. The Balaban J connectivity index is 0.785. The Bertz CT molecular complexity index is 4360. The van der Waals surface area contributed by atoms with Crippen LogP contribution in [0.2, 0.25) is 0 Å². The maximum absolute atomic E-state index is 5.39. The largest absolute Gasteiger partial charge is 0.307 e. The van der Waals surface area contributed by atoms with Crippen LogP contribution in [0.1, 0.15) is 35.1 Å². The summed E-state index contributed by atoms with van der Waals surface area (Å²) >= 11 is 0. The summed E-state index contributed by atoms with van der Waals surface area (Å²) in [5.74, 6) is 0.315. The van der Waals surface area contributed by atoms with Gasteiger partial charge in [-0.15, -0.1) is 0 Å². The minimum Gasteiger partial charge on any atom is -0.307 e. The molecule has 0 fully saturated rings. The highest BCUT2D eigenvalue weighted by molar-refractivity contribution is 6.24. The fourth-order valence-electron chi connectivity index (χ4n) is 12.0. The van der Waals surface area contributed by atoms with E-state index in [9.17, 15) is 0 Å². The van der Waals surface area contributed by atoms with E-state index in [-0.39, 0.29) is 0 Å². The Hall–Kier alpha value is -8.86. The lowest BCUT2D eigenvalue weighted by molar-refractivity contribution is 0.760. The van der Waals surface area contributed by atoms with E-state index in [0.717, 1.165) is 63.8 Å². The molecule has 3 aliphatic rings. The second kappa shape index (κ2) is 15.3. The van der Waals surface area contributed by atoms with E-state index >= 15 is 0 Å². The van der Waals surface area contributed by atoms with Gasteiger partial charge in [0.1, 0.15) is 0 Å². The van der Waals surface area contributed by atoms with Crippen LogP contribution >= 0.6 is 0 Å². The molecule has 4 heterocycles. The van der Waals surface area contributed by atoms with E-state index in [4.69, 9.17) is 9.97 Å². The van der Waals surface area contributed by atoms with E-state index < -0.39 is 0 Å².